The van der Waals surface area contributed by atoms with E-state index in [1.807, 2.05) is 0 Å². The van der Waals surface area contributed by atoms with Crippen molar-refractivity contribution < 1.29 is 0 Å². The van der Waals surface area contributed by atoms with E-state index in [-0.39, 0.29) is 0 Å². The van der Waals surface area contributed by atoms with Gasteiger partial charge in [0.05, 0.1) is 6.20 Å². The maximum Gasteiger partial charge on any atom is 0.112 e. The van der Waals surface area contributed by atoms with Gasteiger partial charge in [0.25, 0.3) is 0 Å². The topological polar surface area (TPSA) is 41.6 Å². The van der Waals surface area contributed by atoms with Crippen molar-refractivity contribution in [1.29, 1.82) is 0 Å². The first-order valence-electron chi connectivity index (χ1n) is 7.77. The molecule has 0 aliphatic carbocycles. The molecule has 0 saturated carbocycles. The highest BCUT2D eigenvalue weighted by molar-refractivity contribution is 5.59. The van der Waals surface area contributed by atoms with E-state index < -0.39 is 0 Å². The van der Waals surface area contributed by atoms with Crippen molar-refractivity contribution >= 4 is 0 Å². The van der Waals surface area contributed by atoms with Gasteiger partial charge in [-0.15, -0.1) is 0 Å². The highest BCUT2D eigenvalue weighted by Crippen LogP contribution is 2.21. The fourth-order valence-electron chi connectivity index (χ4n) is 2.54. The van der Waals surface area contributed by atoms with E-state index in [9.17, 15) is 0 Å². The third-order valence-electron chi connectivity index (χ3n) is 3.86. The van der Waals surface area contributed by atoms with Gasteiger partial charge in [0.15, 0.2) is 0 Å². The number of unbranched alkanes of at least 4 members (excludes halogenated alkanes) is 5. The zero-order valence-corrected chi connectivity index (χ0v) is 12.7. The van der Waals surface area contributed by atoms with E-state index in [0.717, 1.165) is 11.3 Å². The summed E-state index contributed by atoms with van der Waals surface area (Å²) < 4.78 is 0. The zero-order valence-electron chi connectivity index (χ0n) is 12.7. The third kappa shape index (κ3) is 4.19. The minimum atomic E-state index is 0.925. The summed E-state index contributed by atoms with van der Waals surface area (Å²) in [5.74, 6) is 0. The highest BCUT2D eigenvalue weighted by Gasteiger charge is 2.04. The number of benzene rings is 1. The number of aromatic nitrogens is 3. The lowest BCUT2D eigenvalue weighted by Gasteiger charge is -2.08. The molecule has 2 rings (SSSR count). The lowest BCUT2D eigenvalue weighted by Crippen LogP contribution is -1.92. The van der Waals surface area contributed by atoms with Crippen LogP contribution in [0.1, 0.15) is 56.6 Å². The summed E-state index contributed by atoms with van der Waals surface area (Å²) >= 11 is 0. The molecule has 2 aromatic rings. The molecule has 0 aliphatic rings. The van der Waals surface area contributed by atoms with Crippen molar-refractivity contribution in [3.63, 3.8) is 0 Å². The molecule has 20 heavy (non-hydrogen) atoms. The maximum absolute atomic E-state index is 4.15. The number of nitrogens with one attached hydrogen (secondary N) is 1. The molecule has 0 bridgehead atoms. The Kier molecular flexibility index (Phi) is 5.78. The summed E-state index contributed by atoms with van der Waals surface area (Å²) in [5.41, 5.74) is 4.91. The van der Waals surface area contributed by atoms with Crippen molar-refractivity contribution in [3.8, 4) is 11.3 Å². The average molecular weight is 271 g/mol. The molecule has 0 fully saturated rings. The number of hydrogen-bond acceptors (Lipinski definition) is 2. The Hall–Kier alpha value is -1.64. The Morgan fingerprint density at radius 2 is 1.85 bits per heavy atom. The first-order chi connectivity index (χ1) is 9.81. The quantitative estimate of drug-likeness (QED) is 0.708. The zero-order chi connectivity index (χ0) is 14.2. The van der Waals surface area contributed by atoms with E-state index in [1.54, 1.807) is 6.20 Å². The van der Waals surface area contributed by atoms with Gasteiger partial charge in [0.2, 0.25) is 0 Å². The van der Waals surface area contributed by atoms with Crippen molar-refractivity contribution in [2.75, 3.05) is 0 Å². The van der Waals surface area contributed by atoms with E-state index in [0.29, 0.717) is 0 Å². The van der Waals surface area contributed by atoms with Gasteiger partial charge < -0.3 is 0 Å². The maximum atomic E-state index is 4.15. The van der Waals surface area contributed by atoms with Crippen molar-refractivity contribution in [3.05, 3.63) is 35.5 Å². The number of H-pyrrole nitrogens is 1. The predicted octanol–water partition coefficient (Wildman–Crippen LogP) is 4.68. The Balaban J connectivity index is 1.89. The molecule has 0 spiro atoms. The van der Waals surface area contributed by atoms with Gasteiger partial charge >= 0.3 is 0 Å². The second-order valence-electron chi connectivity index (χ2n) is 5.51. The molecule has 0 amide bonds. The van der Waals surface area contributed by atoms with E-state index >= 15 is 0 Å². The minimum Gasteiger partial charge on any atom is -0.197 e. The summed E-state index contributed by atoms with van der Waals surface area (Å²) in [6.45, 7) is 4.46. The van der Waals surface area contributed by atoms with Crippen molar-refractivity contribution in [2.24, 2.45) is 0 Å². The molecule has 1 N–H and O–H groups in total. The normalized spacial score (nSPS) is 10.9. The number of aryl methyl sites for hydroxylation is 2. The van der Waals surface area contributed by atoms with Crippen LogP contribution >= 0.6 is 0 Å². The van der Waals surface area contributed by atoms with E-state index in [1.165, 1.54) is 56.1 Å². The van der Waals surface area contributed by atoms with Crippen LogP contribution in [0.15, 0.2) is 24.4 Å². The summed E-state index contributed by atoms with van der Waals surface area (Å²) in [6.07, 6.45) is 11.0. The summed E-state index contributed by atoms with van der Waals surface area (Å²) in [5, 5.41) is 10.7. The molecule has 3 heteroatoms. The molecule has 3 nitrogen and oxygen atoms in total. The Morgan fingerprint density at radius 3 is 2.60 bits per heavy atom. The van der Waals surface area contributed by atoms with E-state index in [4.69, 9.17) is 0 Å². The summed E-state index contributed by atoms with van der Waals surface area (Å²) in [6, 6.07) is 6.58. The second-order valence-corrected chi connectivity index (χ2v) is 5.51. The number of rotatable bonds is 8. The third-order valence-corrected chi connectivity index (χ3v) is 3.86. The van der Waals surface area contributed by atoms with Crippen LogP contribution in [0.25, 0.3) is 11.3 Å². The summed E-state index contributed by atoms with van der Waals surface area (Å²) in [7, 11) is 0. The van der Waals surface area contributed by atoms with Crippen LogP contribution in [-0.2, 0) is 6.42 Å². The number of hydrogen-bond donors (Lipinski definition) is 1. The molecular weight excluding hydrogens is 246 g/mol. The monoisotopic (exact) mass is 271 g/mol. The number of aromatic amines is 1. The number of nitrogens with zero attached hydrogens (tertiary/aromatic N) is 2. The summed E-state index contributed by atoms with van der Waals surface area (Å²) in [4.78, 5) is 0. The molecule has 0 radical (unpaired) electrons. The van der Waals surface area contributed by atoms with Crippen molar-refractivity contribution in [2.45, 2.75) is 58.8 Å². The Morgan fingerprint density at radius 1 is 1.05 bits per heavy atom. The molecule has 1 aromatic heterocycles. The van der Waals surface area contributed by atoms with Crippen LogP contribution in [0.5, 0.6) is 0 Å². The van der Waals surface area contributed by atoms with Crippen LogP contribution in [-0.4, -0.2) is 15.4 Å². The van der Waals surface area contributed by atoms with Crippen molar-refractivity contribution in [1.82, 2.24) is 15.4 Å². The SMILES string of the molecule is CCCCCCCCc1cc(-c2cn[nH]n2)ccc1C. The Bertz CT molecular complexity index is 503. The van der Waals surface area contributed by atoms with Gasteiger partial charge in [-0.2, -0.15) is 15.4 Å². The molecular formula is C17H25N3. The van der Waals surface area contributed by atoms with Crippen LogP contribution in [0.3, 0.4) is 0 Å². The van der Waals surface area contributed by atoms with Gasteiger partial charge in [-0.25, -0.2) is 0 Å². The molecule has 0 atom stereocenters. The molecule has 0 unspecified atom stereocenters. The lowest BCUT2D eigenvalue weighted by atomic mass is 9.98. The van der Waals surface area contributed by atoms with E-state index in [2.05, 4.69) is 47.5 Å². The highest BCUT2D eigenvalue weighted by atomic mass is 15.3. The first kappa shape index (κ1) is 14.8. The fourth-order valence-corrected chi connectivity index (χ4v) is 2.54. The smallest absolute Gasteiger partial charge is 0.112 e. The van der Waals surface area contributed by atoms with Gasteiger partial charge in [-0.05, 0) is 37.0 Å². The van der Waals surface area contributed by atoms with Gasteiger partial charge in [-0.1, -0.05) is 51.2 Å². The molecule has 1 heterocycles. The van der Waals surface area contributed by atoms with Crippen LogP contribution < -0.4 is 0 Å². The Labute approximate surface area is 121 Å². The van der Waals surface area contributed by atoms with Gasteiger partial charge in [0, 0.05) is 5.56 Å². The minimum absolute atomic E-state index is 0.925. The average Bonchev–Trinajstić information content (AvgIpc) is 2.98. The molecule has 0 saturated heterocycles. The second kappa shape index (κ2) is 7.83. The molecule has 0 aliphatic heterocycles. The fraction of sp³-hybridized carbons (Fsp3) is 0.529. The van der Waals surface area contributed by atoms with Crippen LogP contribution in [0, 0.1) is 6.92 Å². The van der Waals surface area contributed by atoms with Gasteiger partial charge in [-0.3, -0.25) is 0 Å². The largest absolute Gasteiger partial charge is 0.197 e. The first-order valence-corrected chi connectivity index (χ1v) is 7.77. The molecule has 108 valence electrons. The molecule has 1 aromatic carbocycles. The predicted molar refractivity (Wildman–Crippen MR) is 83.6 cm³/mol. The lowest BCUT2D eigenvalue weighted by molar-refractivity contribution is 0.607. The van der Waals surface area contributed by atoms with Crippen LogP contribution in [0.4, 0.5) is 0 Å². The standard InChI is InChI=1S/C17H25N3/c1-3-4-5-6-7-8-9-15-12-16(11-10-14(15)2)17-13-18-20-19-17/h10-13H,3-9H2,1-2H3,(H,18,19,20). The van der Waals surface area contributed by atoms with Gasteiger partial charge in [0.1, 0.15) is 5.69 Å². The van der Waals surface area contributed by atoms with Crippen LogP contribution in [0.2, 0.25) is 0 Å².